The van der Waals surface area contributed by atoms with Gasteiger partial charge in [0, 0.05) is 13.6 Å². The van der Waals surface area contributed by atoms with Gasteiger partial charge in [0.1, 0.15) is 0 Å². The highest BCUT2D eigenvalue weighted by molar-refractivity contribution is 8.00. The Kier molecular flexibility index (Phi) is 5.91. The van der Waals surface area contributed by atoms with Crippen molar-refractivity contribution in [1.82, 2.24) is 25.1 Å². The van der Waals surface area contributed by atoms with E-state index in [4.69, 9.17) is 0 Å². The van der Waals surface area contributed by atoms with Gasteiger partial charge in [-0.15, -0.1) is 5.10 Å². The number of hydrogen-bond acceptors (Lipinski definition) is 5. The van der Waals surface area contributed by atoms with E-state index < -0.39 is 0 Å². The van der Waals surface area contributed by atoms with E-state index in [0.717, 1.165) is 11.3 Å². The van der Waals surface area contributed by atoms with Gasteiger partial charge in [0.2, 0.25) is 11.1 Å². The zero-order valence-electron chi connectivity index (χ0n) is 16.0. The number of hydrogen-bond donors (Lipinski definition) is 0. The van der Waals surface area contributed by atoms with Crippen LogP contribution in [-0.2, 0) is 11.3 Å². The lowest BCUT2D eigenvalue weighted by Crippen LogP contribution is -2.32. The summed E-state index contributed by atoms with van der Waals surface area (Å²) in [5.41, 5.74) is 4.38. The Morgan fingerprint density at radius 2 is 1.89 bits per heavy atom. The minimum Gasteiger partial charge on any atom is -0.340 e. The average Bonchev–Trinajstić information content (AvgIpc) is 3.12. The highest BCUT2D eigenvalue weighted by Gasteiger charge is 2.22. The molecule has 0 fully saturated rings. The van der Waals surface area contributed by atoms with E-state index in [-0.39, 0.29) is 11.2 Å². The fourth-order valence-corrected chi connectivity index (χ4v) is 3.65. The molecule has 1 unspecified atom stereocenters. The molecule has 0 N–H and O–H groups in total. The van der Waals surface area contributed by atoms with E-state index in [2.05, 4.69) is 29.4 Å². The van der Waals surface area contributed by atoms with Crippen LogP contribution in [-0.4, -0.2) is 43.3 Å². The number of nitrogens with zero attached hydrogens (tertiary/aromatic N) is 5. The topological polar surface area (TPSA) is 63.9 Å². The SMILES string of the molecule is Cc1ccc(-n2nnnc2SC(C)C(=O)N(C)Cc2ccccc2)cc1C. The molecule has 0 aliphatic rings. The smallest absolute Gasteiger partial charge is 0.235 e. The van der Waals surface area contributed by atoms with Gasteiger partial charge in [0.15, 0.2) is 0 Å². The van der Waals surface area contributed by atoms with Crippen molar-refractivity contribution in [2.75, 3.05) is 7.05 Å². The van der Waals surface area contributed by atoms with Crippen molar-refractivity contribution in [3.05, 3.63) is 65.2 Å². The van der Waals surface area contributed by atoms with E-state index in [0.29, 0.717) is 11.7 Å². The minimum absolute atomic E-state index is 0.0403. The van der Waals surface area contributed by atoms with Crippen LogP contribution >= 0.6 is 11.8 Å². The monoisotopic (exact) mass is 381 g/mol. The zero-order valence-corrected chi connectivity index (χ0v) is 16.8. The standard InChI is InChI=1S/C20H23N5OS/c1-14-10-11-18(12-15(14)2)25-20(21-22-23-25)27-16(3)19(26)24(4)13-17-8-6-5-7-9-17/h5-12,16H,13H2,1-4H3. The van der Waals surface area contributed by atoms with E-state index in [9.17, 15) is 4.79 Å². The van der Waals surface area contributed by atoms with E-state index in [1.165, 1.54) is 22.9 Å². The summed E-state index contributed by atoms with van der Waals surface area (Å²) < 4.78 is 1.68. The molecular formula is C20H23N5OS. The summed E-state index contributed by atoms with van der Waals surface area (Å²) in [6.07, 6.45) is 0. The number of benzene rings is 2. The summed E-state index contributed by atoms with van der Waals surface area (Å²) in [5.74, 6) is 0.0403. The summed E-state index contributed by atoms with van der Waals surface area (Å²) >= 11 is 1.36. The fourth-order valence-electron chi connectivity index (χ4n) is 2.73. The molecular weight excluding hydrogens is 358 g/mol. The number of tetrazole rings is 1. The Morgan fingerprint density at radius 3 is 2.59 bits per heavy atom. The molecule has 6 nitrogen and oxygen atoms in total. The predicted molar refractivity (Wildman–Crippen MR) is 107 cm³/mol. The van der Waals surface area contributed by atoms with Gasteiger partial charge in [-0.3, -0.25) is 4.79 Å². The van der Waals surface area contributed by atoms with Gasteiger partial charge in [0.25, 0.3) is 0 Å². The van der Waals surface area contributed by atoms with Crippen LogP contribution in [0, 0.1) is 13.8 Å². The molecule has 1 amide bonds. The van der Waals surface area contributed by atoms with Gasteiger partial charge in [-0.2, -0.15) is 4.68 Å². The lowest BCUT2D eigenvalue weighted by atomic mass is 10.1. The van der Waals surface area contributed by atoms with E-state index in [1.807, 2.05) is 62.5 Å². The summed E-state index contributed by atoms with van der Waals surface area (Å²) in [6.45, 7) is 6.58. The summed E-state index contributed by atoms with van der Waals surface area (Å²) in [7, 11) is 1.82. The lowest BCUT2D eigenvalue weighted by molar-refractivity contribution is -0.129. The maximum Gasteiger partial charge on any atom is 0.235 e. The van der Waals surface area contributed by atoms with Gasteiger partial charge in [-0.25, -0.2) is 0 Å². The first-order valence-electron chi connectivity index (χ1n) is 8.77. The molecule has 2 aromatic carbocycles. The quantitative estimate of drug-likeness (QED) is 0.612. The first-order chi connectivity index (χ1) is 13.0. The molecule has 3 rings (SSSR count). The Morgan fingerprint density at radius 1 is 1.15 bits per heavy atom. The van der Waals surface area contributed by atoms with Crippen LogP contribution in [0.3, 0.4) is 0 Å². The summed E-state index contributed by atoms with van der Waals surface area (Å²) in [4.78, 5) is 14.5. The first-order valence-corrected chi connectivity index (χ1v) is 9.65. The molecule has 27 heavy (non-hydrogen) atoms. The van der Waals surface area contributed by atoms with Crippen LogP contribution in [0.1, 0.15) is 23.6 Å². The van der Waals surface area contributed by atoms with Crippen molar-refractivity contribution in [1.29, 1.82) is 0 Å². The third kappa shape index (κ3) is 4.54. The van der Waals surface area contributed by atoms with Gasteiger partial charge >= 0.3 is 0 Å². The van der Waals surface area contributed by atoms with E-state index in [1.54, 1.807) is 9.58 Å². The number of amides is 1. The normalized spacial score (nSPS) is 12.0. The average molecular weight is 382 g/mol. The van der Waals surface area contributed by atoms with Crippen molar-refractivity contribution in [2.45, 2.75) is 37.7 Å². The molecule has 3 aromatic rings. The third-order valence-electron chi connectivity index (χ3n) is 4.44. The number of rotatable bonds is 6. The largest absolute Gasteiger partial charge is 0.340 e. The fraction of sp³-hybridized carbons (Fsp3) is 0.300. The second-order valence-electron chi connectivity index (χ2n) is 6.58. The molecule has 0 spiro atoms. The highest BCUT2D eigenvalue weighted by Crippen LogP contribution is 2.25. The Balaban J connectivity index is 1.71. The van der Waals surface area contributed by atoms with Crippen LogP contribution in [0.4, 0.5) is 0 Å². The number of carbonyl (C=O) groups excluding carboxylic acids is 1. The van der Waals surface area contributed by atoms with Crippen LogP contribution in [0.5, 0.6) is 0 Å². The maximum absolute atomic E-state index is 12.7. The molecule has 140 valence electrons. The molecule has 1 heterocycles. The molecule has 1 atom stereocenters. The minimum atomic E-state index is -0.296. The van der Waals surface area contributed by atoms with Gasteiger partial charge in [-0.1, -0.05) is 48.2 Å². The third-order valence-corrected chi connectivity index (χ3v) is 5.47. The highest BCUT2D eigenvalue weighted by atomic mass is 32.2. The van der Waals surface area contributed by atoms with Gasteiger partial charge in [0.05, 0.1) is 10.9 Å². The van der Waals surface area contributed by atoms with Crippen molar-refractivity contribution < 1.29 is 4.79 Å². The second kappa shape index (κ2) is 8.35. The maximum atomic E-state index is 12.7. The van der Waals surface area contributed by atoms with Gasteiger partial charge in [-0.05, 0) is 60.0 Å². The van der Waals surface area contributed by atoms with Crippen molar-refractivity contribution in [3.63, 3.8) is 0 Å². The molecule has 0 aliphatic carbocycles. The Hall–Kier alpha value is -2.67. The van der Waals surface area contributed by atoms with Crippen molar-refractivity contribution in [3.8, 4) is 5.69 Å². The van der Waals surface area contributed by atoms with Crippen LogP contribution in [0.25, 0.3) is 5.69 Å². The second-order valence-corrected chi connectivity index (χ2v) is 7.89. The van der Waals surface area contributed by atoms with Crippen LogP contribution in [0.2, 0.25) is 0 Å². The molecule has 0 radical (unpaired) electrons. The van der Waals surface area contributed by atoms with Gasteiger partial charge < -0.3 is 4.90 Å². The summed E-state index contributed by atoms with van der Waals surface area (Å²) in [6, 6.07) is 16.0. The molecule has 0 bridgehead atoms. The van der Waals surface area contributed by atoms with Crippen molar-refractivity contribution in [2.24, 2.45) is 0 Å². The van der Waals surface area contributed by atoms with E-state index >= 15 is 0 Å². The van der Waals surface area contributed by atoms with Crippen LogP contribution < -0.4 is 0 Å². The van der Waals surface area contributed by atoms with Crippen LogP contribution in [0.15, 0.2) is 53.7 Å². The lowest BCUT2D eigenvalue weighted by Gasteiger charge is -2.21. The number of thioether (sulfide) groups is 1. The Bertz CT molecular complexity index is 925. The van der Waals surface area contributed by atoms with Crippen molar-refractivity contribution >= 4 is 17.7 Å². The first kappa shape index (κ1) is 19.1. The molecule has 0 aliphatic heterocycles. The molecule has 7 heteroatoms. The zero-order chi connectivity index (χ0) is 19.4. The summed E-state index contributed by atoms with van der Waals surface area (Å²) in [5, 5.41) is 12.3. The number of aromatic nitrogens is 4. The predicted octanol–water partition coefficient (Wildman–Crippen LogP) is 3.42. The Labute approximate surface area is 163 Å². The molecule has 0 saturated carbocycles. The number of aryl methyl sites for hydroxylation is 2. The number of carbonyl (C=O) groups is 1. The molecule has 0 saturated heterocycles. The molecule has 1 aromatic heterocycles.